The summed E-state index contributed by atoms with van der Waals surface area (Å²) in [6, 6.07) is 7.64. The minimum Gasteiger partial charge on any atom is -0.468 e. The van der Waals surface area contributed by atoms with E-state index in [4.69, 9.17) is 9.15 Å². The fourth-order valence-electron chi connectivity index (χ4n) is 3.83. The molecule has 4 heterocycles. The van der Waals surface area contributed by atoms with Gasteiger partial charge in [0.2, 0.25) is 0 Å². The molecule has 1 N–H and O–H groups in total. The number of nitrogens with zero attached hydrogens (tertiary/aromatic N) is 2. The molecule has 1 amide bonds. The van der Waals surface area contributed by atoms with Crippen LogP contribution in [0.4, 0.5) is 0 Å². The Morgan fingerprint density at radius 1 is 1.33 bits per heavy atom. The van der Waals surface area contributed by atoms with Gasteiger partial charge in [-0.25, -0.2) is 0 Å². The molecule has 0 bridgehead atoms. The first kappa shape index (κ1) is 15.5. The highest BCUT2D eigenvalue weighted by Crippen LogP contribution is 2.33. The molecular formula is C18H23N3O3. The molecule has 6 nitrogen and oxygen atoms in total. The van der Waals surface area contributed by atoms with Crippen LogP contribution < -0.4 is 5.32 Å². The fraction of sp³-hybridized carbons (Fsp3) is 0.500. The summed E-state index contributed by atoms with van der Waals surface area (Å²) in [6.45, 7) is 3.40. The maximum Gasteiger partial charge on any atom is 0.267 e. The standard InChI is InChI=1S/C18H23N3O3/c1-20-6-2-5-16(20)18(22)19-9-15-8-13-10-21(12-17(13)24-15)11-14-4-3-7-23-14/h2-7,13,15,17H,8-12H2,1H3,(H,19,22)/t13-,15-,17+/m0/s1. The number of furan rings is 1. The highest BCUT2D eigenvalue weighted by atomic mass is 16.5. The topological polar surface area (TPSA) is 59.6 Å². The second-order valence-corrected chi connectivity index (χ2v) is 6.78. The van der Waals surface area contributed by atoms with E-state index < -0.39 is 0 Å². The zero-order valence-corrected chi connectivity index (χ0v) is 13.9. The molecule has 2 aromatic heterocycles. The molecule has 6 heteroatoms. The zero-order valence-electron chi connectivity index (χ0n) is 13.9. The number of carbonyl (C=O) groups excluding carboxylic acids is 1. The van der Waals surface area contributed by atoms with E-state index in [0.717, 1.165) is 31.8 Å². The molecule has 0 spiro atoms. The van der Waals surface area contributed by atoms with Gasteiger partial charge in [-0.15, -0.1) is 0 Å². The maximum absolute atomic E-state index is 12.2. The van der Waals surface area contributed by atoms with E-state index in [1.807, 2.05) is 42.1 Å². The van der Waals surface area contributed by atoms with Crippen molar-refractivity contribution in [3.05, 3.63) is 48.2 Å². The lowest BCUT2D eigenvalue weighted by Gasteiger charge is -2.18. The largest absolute Gasteiger partial charge is 0.468 e. The summed E-state index contributed by atoms with van der Waals surface area (Å²) < 4.78 is 13.4. The van der Waals surface area contributed by atoms with Crippen LogP contribution in [-0.4, -0.2) is 47.2 Å². The van der Waals surface area contributed by atoms with Gasteiger partial charge in [0.05, 0.1) is 25.0 Å². The molecule has 0 saturated carbocycles. The Kier molecular flexibility index (Phi) is 4.16. The number of nitrogens with one attached hydrogen (secondary N) is 1. The predicted octanol–water partition coefficient (Wildman–Crippen LogP) is 1.64. The molecule has 0 aliphatic carbocycles. The van der Waals surface area contributed by atoms with Crippen molar-refractivity contribution < 1.29 is 13.9 Å². The molecule has 2 fully saturated rings. The van der Waals surface area contributed by atoms with Crippen molar-refractivity contribution in [1.29, 1.82) is 0 Å². The van der Waals surface area contributed by atoms with Crippen LogP contribution >= 0.6 is 0 Å². The number of likely N-dealkylation sites (tertiary alicyclic amines) is 1. The number of fused-ring (bicyclic) bond motifs is 1. The van der Waals surface area contributed by atoms with Gasteiger partial charge < -0.3 is 19.0 Å². The summed E-state index contributed by atoms with van der Waals surface area (Å²) >= 11 is 0. The third-order valence-corrected chi connectivity index (χ3v) is 5.02. The second-order valence-electron chi connectivity index (χ2n) is 6.78. The zero-order chi connectivity index (χ0) is 16.5. The Morgan fingerprint density at radius 3 is 2.96 bits per heavy atom. The lowest BCUT2D eigenvalue weighted by Crippen LogP contribution is -2.34. The van der Waals surface area contributed by atoms with Gasteiger partial charge in [-0.2, -0.15) is 0 Å². The molecule has 0 radical (unpaired) electrons. The number of aromatic nitrogens is 1. The Hall–Kier alpha value is -2.05. The fourth-order valence-corrected chi connectivity index (χ4v) is 3.83. The molecule has 2 aliphatic rings. The van der Waals surface area contributed by atoms with E-state index in [9.17, 15) is 4.79 Å². The molecular weight excluding hydrogens is 306 g/mol. The van der Waals surface area contributed by atoms with Gasteiger partial charge in [-0.3, -0.25) is 9.69 Å². The molecule has 0 unspecified atom stereocenters. The number of carbonyl (C=O) groups is 1. The van der Waals surface area contributed by atoms with Crippen molar-refractivity contribution in [2.75, 3.05) is 19.6 Å². The number of ether oxygens (including phenoxy) is 1. The van der Waals surface area contributed by atoms with E-state index in [0.29, 0.717) is 18.2 Å². The number of hydrogen-bond acceptors (Lipinski definition) is 4. The Bertz CT molecular complexity index is 680. The number of rotatable bonds is 5. The van der Waals surface area contributed by atoms with Crippen molar-refractivity contribution in [2.45, 2.75) is 25.2 Å². The predicted molar refractivity (Wildman–Crippen MR) is 88.5 cm³/mol. The molecule has 24 heavy (non-hydrogen) atoms. The first-order valence-corrected chi connectivity index (χ1v) is 8.49. The van der Waals surface area contributed by atoms with Crippen molar-refractivity contribution in [1.82, 2.24) is 14.8 Å². The van der Waals surface area contributed by atoms with Crippen LogP contribution in [0, 0.1) is 5.92 Å². The first-order chi connectivity index (χ1) is 11.7. The highest BCUT2D eigenvalue weighted by molar-refractivity contribution is 5.92. The van der Waals surface area contributed by atoms with Crippen LogP contribution in [0.3, 0.4) is 0 Å². The third kappa shape index (κ3) is 3.12. The highest BCUT2D eigenvalue weighted by Gasteiger charge is 2.41. The van der Waals surface area contributed by atoms with Crippen LogP contribution in [0.15, 0.2) is 41.1 Å². The smallest absolute Gasteiger partial charge is 0.267 e. The Labute approximate surface area is 141 Å². The lowest BCUT2D eigenvalue weighted by molar-refractivity contribution is 0.0366. The van der Waals surface area contributed by atoms with Gasteiger partial charge in [0.15, 0.2) is 0 Å². The van der Waals surface area contributed by atoms with Crippen molar-refractivity contribution in [3.8, 4) is 0 Å². The normalized spacial score (nSPS) is 26.6. The summed E-state index contributed by atoms with van der Waals surface area (Å²) in [5, 5.41) is 2.99. The maximum atomic E-state index is 12.2. The summed E-state index contributed by atoms with van der Waals surface area (Å²) in [4.78, 5) is 14.5. The number of hydrogen-bond donors (Lipinski definition) is 1. The summed E-state index contributed by atoms with van der Waals surface area (Å²) in [5.41, 5.74) is 0.679. The van der Waals surface area contributed by atoms with Gasteiger partial charge in [0.1, 0.15) is 11.5 Å². The SMILES string of the molecule is Cn1cccc1C(=O)NC[C@@H]1C[C@H]2CN(Cc3ccco3)C[C@H]2O1. The van der Waals surface area contributed by atoms with Crippen molar-refractivity contribution in [3.63, 3.8) is 0 Å². The second kappa shape index (κ2) is 6.45. The summed E-state index contributed by atoms with van der Waals surface area (Å²) in [6.07, 6.45) is 4.99. The van der Waals surface area contributed by atoms with E-state index in [-0.39, 0.29) is 18.1 Å². The third-order valence-electron chi connectivity index (χ3n) is 5.02. The van der Waals surface area contributed by atoms with Gasteiger partial charge in [0.25, 0.3) is 5.91 Å². The van der Waals surface area contributed by atoms with E-state index in [1.54, 1.807) is 6.26 Å². The average molecular weight is 329 g/mol. The molecule has 2 saturated heterocycles. The lowest BCUT2D eigenvalue weighted by atomic mass is 10.0. The van der Waals surface area contributed by atoms with E-state index >= 15 is 0 Å². The summed E-state index contributed by atoms with van der Waals surface area (Å²) in [5.74, 6) is 1.51. The van der Waals surface area contributed by atoms with Crippen LogP contribution in [0.25, 0.3) is 0 Å². The molecule has 0 aromatic carbocycles. The molecule has 3 atom stereocenters. The first-order valence-electron chi connectivity index (χ1n) is 8.49. The van der Waals surface area contributed by atoms with Crippen LogP contribution in [0.1, 0.15) is 22.7 Å². The minimum atomic E-state index is -0.0393. The van der Waals surface area contributed by atoms with E-state index in [2.05, 4.69) is 10.2 Å². The van der Waals surface area contributed by atoms with Crippen molar-refractivity contribution in [2.24, 2.45) is 13.0 Å². The molecule has 4 rings (SSSR count). The quantitative estimate of drug-likeness (QED) is 0.906. The Morgan fingerprint density at radius 2 is 2.25 bits per heavy atom. The van der Waals surface area contributed by atoms with Gasteiger partial charge in [-0.1, -0.05) is 0 Å². The summed E-state index contributed by atoms with van der Waals surface area (Å²) in [7, 11) is 1.87. The molecule has 2 aliphatic heterocycles. The van der Waals surface area contributed by atoms with Crippen LogP contribution in [0.2, 0.25) is 0 Å². The number of aryl methyl sites for hydroxylation is 1. The van der Waals surface area contributed by atoms with Gasteiger partial charge >= 0.3 is 0 Å². The van der Waals surface area contributed by atoms with Gasteiger partial charge in [0, 0.05) is 38.8 Å². The monoisotopic (exact) mass is 329 g/mol. The molecule has 128 valence electrons. The Balaban J connectivity index is 1.24. The van der Waals surface area contributed by atoms with Crippen LogP contribution in [0.5, 0.6) is 0 Å². The number of amides is 1. The minimum absolute atomic E-state index is 0.0393. The molecule has 2 aromatic rings. The average Bonchev–Trinajstić information content (AvgIpc) is 3.29. The van der Waals surface area contributed by atoms with E-state index in [1.165, 1.54) is 0 Å². The van der Waals surface area contributed by atoms with Crippen LogP contribution in [-0.2, 0) is 18.3 Å². The van der Waals surface area contributed by atoms with Crippen molar-refractivity contribution >= 4 is 5.91 Å². The van der Waals surface area contributed by atoms with Gasteiger partial charge in [-0.05, 0) is 30.7 Å².